The number of nitrogens with zero attached hydrogens (tertiary/aromatic N) is 1. The highest BCUT2D eigenvalue weighted by atomic mass is 79.9. The van der Waals surface area contributed by atoms with Crippen LogP contribution in [0.4, 0.5) is 10.1 Å². The van der Waals surface area contributed by atoms with Gasteiger partial charge in [-0.15, -0.1) is 0 Å². The zero-order valence-electron chi connectivity index (χ0n) is 9.75. The minimum Gasteiger partial charge on any atom is -0.381 e. The third kappa shape index (κ3) is 3.46. The van der Waals surface area contributed by atoms with Gasteiger partial charge >= 0.3 is 0 Å². The molecular weight excluding hydrogens is 331 g/mol. The van der Waals surface area contributed by atoms with E-state index in [9.17, 15) is 4.39 Å². The van der Waals surface area contributed by atoms with E-state index in [-0.39, 0.29) is 5.82 Å². The Morgan fingerprint density at radius 3 is 2.74 bits per heavy atom. The van der Waals surface area contributed by atoms with Crippen molar-refractivity contribution < 1.29 is 4.39 Å². The topological polar surface area (TPSA) is 35.8 Å². The lowest BCUT2D eigenvalue weighted by Gasteiger charge is -2.08. The minimum atomic E-state index is -0.268. The molecule has 0 saturated carbocycles. The quantitative estimate of drug-likeness (QED) is 0.878. The molecule has 0 bridgehead atoms. The van der Waals surface area contributed by atoms with Crippen LogP contribution in [0, 0.1) is 17.1 Å². The number of nitrogens with one attached hydrogen (secondary N) is 1. The van der Waals surface area contributed by atoms with Gasteiger partial charge in [-0.2, -0.15) is 5.26 Å². The highest BCUT2D eigenvalue weighted by Crippen LogP contribution is 2.22. The normalized spacial score (nSPS) is 10.0. The third-order valence-corrected chi connectivity index (χ3v) is 3.39. The van der Waals surface area contributed by atoms with Crippen LogP contribution < -0.4 is 5.32 Å². The van der Waals surface area contributed by atoms with Gasteiger partial charge in [0.2, 0.25) is 0 Å². The van der Waals surface area contributed by atoms with Crippen LogP contribution in [0.3, 0.4) is 0 Å². The summed E-state index contributed by atoms with van der Waals surface area (Å²) in [4.78, 5) is 0. The first-order valence-corrected chi connectivity index (χ1v) is 6.64. The van der Waals surface area contributed by atoms with Gasteiger partial charge in [-0.05, 0) is 36.4 Å². The van der Waals surface area contributed by atoms with Gasteiger partial charge in [0.05, 0.1) is 10.6 Å². The molecule has 0 heterocycles. The highest BCUT2D eigenvalue weighted by Gasteiger charge is 2.04. The van der Waals surface area contributed by atoms with Gasteiger partial charge in [0, 0.05) is 22.3 Å². The van der Waals surface area contributed by atoms with Crippen LogP contribution in [0.15, 0.2) is 40.9 Å². The van der Waals surface area contributed by atoms with Crippen molar-refractivity contribution in [3.8, 4) is 6.07 Å². The molecule has 0 fully saturated rings. The fourth-order valence-corrected chi connectivity index (χ4v) is 2.22. The lowest BCUT2D eigenvalue weighted by molar-refractivity contribution is 0.612. The van der Waals surface area contributed by atoms with Gasteiger partial charge in [-0.3, -0.25) is 0 Å². The second kappa shape index (κ2) is 6.05. The molecular formula is C14H9BrClFN2. The molecule has 0 aromatic heterocycles. The molecule has 96 valence electrons. The molecule has 2 aromatic rings. The van der Waals surface area contributed by atoms with Crippen LogP contribution >= 0.6 is 27.5 Å². The molecule has 2 aromatic carbocycles. The van der Waals surface area contributed by atoms with E-state index in [0.29, 0.717) is 22.7 Å². The first-order valence-electron chi connectivity index (χ1n) is 5.47. The van der Waals surface area contributed by atoms with Crippen molar-refractivity contribution >= 4 is 33.2 Å². The Kier molecular flexibility index (Phi) is 4.41. The average Bonchev–Trinajstić information content (AvgIpc) is 2.40. The summed E-state index contributed by atoms with van der Waals surface area (Å²) in [5.41, 5.74) is 1.71. The average molecular weight is 340 g/mol. The highest BCUT2D eigenvalue weighted by molar-refractivity contribution is 9.10. The lowest BCUT2D eigenvalue weighted by Crippen LogP contribution is -2.02. The second-order valence-electron chi connectivity index (χ2n) is 3.90. The minimum absolute atomic E-state index is 0.268. The van der Waals surface area contributed by atoms with Crippen molar-refractivity contribution in [2.75, 3.05) is 5.32 Å². The zero-order chi connectivity index (χ0) is 13.8. The Labute approximate surface area is 123 Å². The Morgan fingerprint density at radius 2 is 2.05 bits per heavy atom. The number of hydrogen-bond acceptors (Lipinski definition) is 2. The summed E-state index contributed by atoms with van der Waals surface area (Å²) < 4.78 is 14.4. The number of halogens is 3. The Hall–Kier alpha value is -1.57. The summed E-state index contributed by atoms with van der Waals surface area (Å²) >= 11 is 9.23. The number of benzene rings is 2. The summed E-state index contributed by atoms with van der Waals surface area (Å²) in [5.74, 6) is -0.268. The van der Waals surface area contributed by atoms with Crippen molar-refractivity contribution in [1.29, 1.82) is 5.26 Å². The molecule has 0 unspecified atom stereocenters. The maximum Gasteiger partial charge on any atom is 0.128 e. The van der Waals surface area contributed by atoms with Gasteiger partial charge in [0.1, 0.15) is 11.9 Å². The van der Waals surface area contributed by atoms with E-state index in [1.807, 2.05) is 6.07 Å². The first kappa shape index (κ1) is 13.9. The van der Waals surface area contributed by atoms with Gasteiger partial charge in [0.25, 0.3) is 0 Å². The molecule has 0 saturated heterocycles. The van der Waals surface area contributed by atoms with E-state index in [0.717, 1.165) is 10.2 Å². The monoisotopic (exact) mass is 338 g/mol. The van der Waals surface area contributed by atoms with E-state index in [4.69, 9.17) is 16.9 Å². The number of nitriles is 1. The van der Waals surface area contributed by atoms with Crippen molar-refractivity contribution in [2.45, 2.75) is 6.54 Å². The Bertz CT molecular complexity index is 652. The maximum atomic E-state index is 13.5. The molecule has 19 heavy (non-hydrogen) atoms. The van der Waals surface area contributed by atoms with Crippen LogP contribution in [-0.4, -0.2) is 0 Å². The van der Waals surface area contributed by atoms with Crippen LogP contribution in [0.25, 0.3) is 0 Å². The molecule has 0 aliphatic carbocycles. The summed E-state index contributed by atoms with van der Waals surface area (Å²) in [6.45, 7) is 0.341. The molecule has 0 atom stereocenters. The molecule has 5 heteroatoms. The van der Waals surface area contributed by atoms with Crippen molar-refractivity contribution in [2.24, 2.45) is 0 Å². The standard InChI is InChI=1S/C14H9BrClFN2/c15-11-2-4-14(17)10(5-11)8-19-12-3-1-9(7-18)13(16)6-12/h1-6,19H,8H2. The van der Waals surface area contributed by atoms with E-state index < -0.39 is 0 Å². The zero-order valence-corrected chi connectivity index (χ0v) is 12.1. The second-order valence-corrected chi connectivity index (χ2v) is 5.22. The predicted molar refractivity (Wildman–Crippen MR) is 77.6 cm³/mol. The van der Waals surface area contributed by atoms with Crippen molar-refractivity contribution in [3.63, 3.8) is 0 Å². The van der Waals surface area contributed by atoms with Crippen molar-refractivity contribution in [3.05, 3.63) is 62.8 Å². The lowest BCUT2D eigenvalue weighted by atomic mass is 10.2. The smallest absolute Gasteiger partial charge is 0.128 e. The van der Waals surface area contributed by atoms with E-state index in [1.54, 1.807) is 30.3 Å². The Morgan fingerprint density at radius 1 is 1.26 bits per heavy atom. The summed E-state index contributed by atoms with van der Waals surface area (Å²) in [6.07, 6.45) is 0. The maximum absolute atomic E-state index is 13.5. The molecule has 0 radical (unpaired) electrons. The Balaban J connectivity index is 2.13. The summed E-state index contributed by atoms with van der Waals surface area (Å²) in [6, 6.07) is 11.8. The van der Waals surface area contributed by atoms with Gasteiger partial charge in [-0.1, -0.05) is 27.5 Å². The van der Waals surface area contributed by atoms with E-state index in [1.165, 1.54) is 6.07 Å². The molecule has 1 N–H and O–H groups in total. The van der Waals surface area contributed by atoms with E-state index in [2.05, 4.69) is 21.2 Å². The van der Waals surface area contributed by atoms with Gasteiger partial charge in [-0.25, -0.2) is 4.39 Å². The summed E-state index contributed by atoms with van der Waals surface area (Å²) in [5, 5.41) is 12.2. The van der Waals surface area contributed by atoms with Gasteiger partial charge < -0.3 is 5.32 Å². The molecule has 2 nitrogen and oxygen atoms in total. The molecule has 2 rings (SSSR count). The van der Waals surface area contributed by atoms with Crippen LogP contribution in [-0.2, 0) is 6.54 Å². The first-order chi connectivity index (χ1) is 9.10. The fourth-order valence-electron chi connectivity index (χ4n) is 1.59. The third-order valence-electron chi connectivity index (χ3n) is 2.58. The molecule has 0 spiro atoms. The predicted octanol–water partition coefficient (Wildman–Crippen LogP) is 4.73. The summed E-state index contributed by atoms with van der Waals surface area (Å²) in [7, 11) is 0. The van der Waals surface area contributed by atoms with Crippen LogP contribution in [0.5, 0.6) is 0 Å². The number of rotatable bonds is 3. The fraction of sp³-hybridized carbons (Fsp3) is 0.0714. The van der Waals surface area contributed by atoms with Crippen LogP contribution in [0.2, 0.25) is 5.02 Å². The molecule has 0 aliphatic heterocycles. The van der Waals surface area contributed by atoms with Crippen molar-refractivity contribution in [1.82, 2.24) is 0 Å². The number of hydrogen-bond donors (Lipinski definition) is 1. The van der Waals surface area contributed by atoms with Crippen LogP contribution in [0.1, 0.15) is 11.1 Å². The molecule has 0 aliphatic rings. The molecule has 0 amide bonds. The SMILES string of the molecule is N#Cc1ccc(NCc2cc(Br)ccc2F)cc1Cl. The largest absolute Gasteiger partial charge is 0.381 e. The number of anilines is 1. The van der Waals surface area contributed by atoms with Gasteiger partial charge in [0.15, 0.2) is 0 Å². The van der Waals surface area contributed by atoms with E-state index >= 15 is 0 Å².